The Morgan fingerprint density at radius 2 is 1.54 bits per heavy atom. The topological polar surface area (TPSA) is 96.5 Å². The number of carbonyl (C=O) groups is 2. The first-order chi connectivity index (χ1) is 16.9. The molecule has 2 amide bonds. The molecule has 186 valence electrons. The number of ether oxygens (including phenoxy) is 2. The molecular weight excluding hydrogens is 470 g/mol. The highest BCUT2D eigenvalue weighted by Crippen LogP contribution is 2.35. The highest BCUT2D eigenvalue weighted by molar-refractivity contribution is 7.89. The Morgan fingerprint density at radius 3 is 2.26 bits per heavy atom. The predicted octanol–water partition coefficient (Wildman–Crippen LogP) is 2.13. The molecule has 2 saturated heterocycles. The van der Waals surface area contributed by atoms with E-state index in [-0.39, 0.29) is 23.3 Å². The number of hydrogen-bond donors (Lipinski definition) is 0. The maximum Gasteiger partial charge on any atom is 0.265 e. The third-order valence-electron chi connectivity index (χ3n) is 6.67. The van der Waals surface area contributed by atoms with Gasteiger partial charge in [-0.15, -0.1) is 0 Å². The Balaban J connectivity index is 1.38. The van der Waals surface area contributed by atoms with Crippen LogP contribution in [0.5, 0.6) is 5.75 Å². The molecule has 0 saturated carbocycles. The fraction of sp³-hybridized carbons (Fsp3) is 0.440. The minimum absolute atomic E-state index is 0.0962. The molecular formula is C25H29N3O6S. The molecule has 0 unspecified atom stereocenters. The third-order valence-corrected chi connectivity index (χ3v) is 8.58. The SMILES string of the molecule is O=C([C@H]1CN(C(=O)c2ccc(S(=O)(=O)N3CCOCC3)cc2)c2ccccc2O1)N1CCCCC1. The molecule has 3 aliphatic heterocycles. The van der Waals surface area contributed by atoms with Crippen LogP contribution in [-0.2, 0) is 19.6 Å². The molecule has 3 aliphatic rings. The number of likely N-dealkylation sites (tertiary alicyclic amines) is 1. The second-order valence-electron chi connectivity index (χ2n) is 8.92. The number of para-hydroxylation sites is 2. The van der Waals surface area contributed by atoms with Gasteiger partial charge in [-0.3, -0.25) is 9.59 Å². The second-order valence-corrected chi connectivity index (χ2v) is 10.9. The molecule has 0 aromatic heterocycles. The summed E-state index contributed by atoms with van der Waals surface area (Å²) in [6.07, 6.45) is 2.27. The van der Waals surface area contributed by atoms with E-state index in [1.807, 2.05) is 11.0 Å². The van der Waals surface area contributed by atoms with Gasteiger partial charge in [0.2, 0.25) is 10.0 Å². The molecule has 2 aromatic carbocycles. The lowest BCUT2D eigenvalue weighted by Gasteiger charge is -2.37. The summed E-state index contributed by atoms with van der Waals surface area (Å²) in [5.74, 6) is 0.0606. The lowest BCUT2D eigenvalue weighted by molar-refractivity contribution is -0.139. The van der Waals surface area contributed by atoms with E-state index in [1.165, 1.54) is 28.6 Å². The van der Waals surface area contributed by atoms with Gasteiger partial charge in [-0.25, -0.2) is 8.42 Å². The smallest absolute Gasteiger partial charge is 0.265 e. The van der Waals surface area contributed by atoms with Crippen LogP contribution in [0.3, 0.4) is 0 Å². The summed E-state index contributed by atoms with van der Waals surface area (Å²) in [6.45, 7) is 2.84. The Labute approximate surface area is 205 Å². The van der Waals surface area contributed by atoms with Gasteiger partial charge in [0.05, 0.1) is 30.3 Å². The van der Waals surface area contributed by atoms with Gasteiger partial charge in [0.25, 0.3) is 11.8 Å². The van der Waals surface area contributed by atoms with Crippen LogP contribution in [0.4, 0.5) is 5.69 Å². The van der Waals surface area contributed by atoms with Crippen molar-refractivity contribution in [1.29, 1.82) is 0 Å². The van der Waals surface area contributed by atoms with Gasteiger partial charge in [0, 0.05) is 31.7 Å². The molecule has 0 radical (unpaired) electrons. The van der Waals surface area contributed by atoms with Crippen molar-refractivity contribution in [3.63, 3.8) is 0 Å². The van der Waals surface area contributed by atoms with Crippen molar-refractivity contribution in [2.45, 2.75) is 30.3 Å². The van der Waals surface area contributed by atoms with Crippen molar-refractivity contribution in [2.75, 3.05) is 50.8 Å². The van der Waals surface area contributed by atoms with E-state index in [1.54, 1.807) is 23.1 Å². The van der Waals surface area contributed by atoms with Gasteiger partial charge in [0.1, 0.15) is 5.75 Å². The van der Waals surface area contributed by atoms with Crippen LogP contribution >= 0.6 is 0 Å². The van der Waals surface area contributed by atoms with E-state index < -0.39 is 16.1 Å². The van der Waals surface area contributed by atoms with E-state index in [0.29, 0.717) is 56.4 Å². The number of anilines is 1. The monoisotopic (exact) mass is 499 g/mol. The molecule has 0 aliphatic carbocycles. The normalized spacial score (nSPS) is 21.2. The molecule has 35 heavy (non-hydrogen) atoms. The zero-order chi connectivity index (χ0) is 24.4. The number of rotatable bonds is 4. The molecule has 0 spiro atoms. The lowest BCUT2D eigenvalue weighted by Crippen LogP contribution is -2.52. The molecule has 9 nitrogen and oxygen atoms in total. The number of fused-ring (bicyclic) bond motifs is 1. The van der Waals surface area contributed by atoms with Gasteiger partial charge in [-0.05, 0) is 55.7 Å². The Kier molecular flexibility index (Phi) is 6.77. The fourth-order valence-electron chi connectivity index (χ4n) is 4.73. The summed E-state index contributed by atoms with van der Waals surface area (Å²) in [7, 11) is -3.65. The first kappa shape index (κ1) is 23.8. The largest absolute Gasteiger partial charge is 0.476 e. The first-order valence-corrected chi connectivity index (χ1v) is 13.4. The number of piperidine rings is 1. The van der Waals surface area contributed by atoms with Crippen LogP contribution in [0.25, 0.3) is 0 Å². The van der Waals surface area contributed by atoms with Crippen molar-refractivity contribution in [3.8, 4) is 5.75 Å². The van der Waals surface area contributed by atoms with E-state index in [9.17, 15) is 18.0 Å². The Bertz CT molecular complexity index is 1190. The molecule has 3 heterocycles. The molecule has 2 aromatic rings. The maximum atomic E-state index is 13.5. The van der Waals surface area contributed by atoms with E-state index in [2.05, 4.69) is 0 Å². The summed E-state index contributed by atoms with van der Waals surface area (Å²) in [5, 5.41) is 0. The second kappa shape index (κ2) is 9.96. The number of morpholine rings is 1. The number of hydrogen-bond acceptors (Lipinski definition) is 6. The average molecular weight is 500 g/mol. The van der Waals surface area contributed by atoms with E-state index in [0.717, 1.165) is 19.3 Å². The van der Waals surface area contributed by atoms with E-state index >= 15 is 0 Å². The quantitative estimate of drug-likeness (QED) is 0.640. The summed E-state index contributed by atoms with van der Waals surface area (Å²) in [4.78, 5) is 30.2. The third kappa shape index (κ3) is 4.78. The molecule has 10 heteroatoms. The molecule has 1 atom stereocenters. The number of carbonyl (C=O) groups excluding carboxylic acids is 2. The van der Waals surface area contributed by atoms with Crippen LogP contribution in [0.1, 0.15) is 29.6 Å². The lowest BCUT2D eigenvalue weighted by atomic mass is 10.1. The molecule has 2 fully saturated rings. The van der Waals surface area contributed by atoms with Gasteiger partial charge in [0.15, 0.2) is 6.10 Å². The highest BCUT2D eigenvalue weighted by Gasteiger charge is 2.37. The van der Waals surface area contributed by atoms with Gasteiger partial charge in [-0.2, -0.15) is 4.31 Å². The summed E-state index contributed by atoms with van der Waals surface area (Å²) < 4.78 is 38.5. The zero-order valence-corrected chi connectivity index (χ0v) is 20.3. The highest BCUT2D eigenvalue weighted by atomic mass is 32.2. The number of nitrogens with zero attached hydrogens (tertiary/aromatic N) is 3. The minimum atomic E-state index is -3.65. The van der Waals surface area contributed by atoms with Crippen molar-refractivity contribution in [1.82, 2.24) is 9.21 Å². The van der Waals surface area contributed by atoms with Crippen LogP contribution in [0.2, 0.25) is 0 Å². The van der Waals surface area contributed by atoms with Gasteiger partial charge < -0.3 is 19.3 Å². The van der Waals surface area contributed by atoms with Crippen molar-refractivity contribution in [2.24, 2.45) is 0 Å². The predicted molar refractivity (Wildman–Crippen MR) is 129 cm³/mol. The van der Waals surface area contributed by atoms with Crippen molar-refractivity contribution >= 4 is 27.5 Å². The first-order valence-electron chi connectivity index (χ1n) is 12.0. The zero-order valence-electron chi connectivity index (χ0n) is 19.5. The molecule has 5 rings (SSSR count). The standard InChI is InChI=1S/C25H29N3O6S/c29-24(19-8-10-20(11-9-19)35(31,32)27-14-16-33-17-15-27)28-18-23(25(30)26-12-4-1-5-13-26)34-22-7-3-2-6-21(22)28/h2-3,6-11,23H,1,4-5,12-18H2/t23-/m1/s1. The van der Waals surface area contributed by atoms with E-state index in [4.69, 9.17) is 9.47 Å². The summed E-state index contributed by atoms with van der Waals surface area (Å²) in [5.41, 5.74) is 0.928. The summed E-state index contributed by atoms with van der Waals surface area (Å²) >= 11 is 0. The van der Waals surface area contributed by atoms with Crippen molar-refractivity contribution in [3.05, 3.63) is 54.1 Å². The van der Waals surface area contributed by atoms with Gasteiger partial charge in [-0.1, -0.05) is 12.1 Å². The van der Waals surface area contributed by atoms with Gasteiger partial charge >= 0.3 is 0 Å². The maximum absolute atomic E-state index is 13.5. The average Bonchev–Trinajstić information content (AvgIpc) is 2.92. The molecule has 0 N–H and O–H groups in total. The number of benzene rings is 2. The number of amides is 2. The van der Waals surface area contributed by atoms with Crippen LogP contribution in [0, 0.1) is 0 Å². The van der Waals surface area contributed by atoms with Crippen LogP contribution < -0.4 is 9.64 Å². The Hall–Kier alpha value is -2.95. The number of sulfonamides is 1. The summed E-state index contributed by atoms with van der Waals surface area (Å²) in [6, 6.07) is 13.1. The molecule has 0 bridgehead atoms. The van der Waals surface area contributed by atoms with Crippen molar-refractivity contribution < 1.29 is 27.5 Å². The fourth-order valence-corrected chi connectivity index (χ4v) is 6.14. The van der Waals surface area contributed by atoms with Crippen LogP contribution in [0.15, 0.2) is 53.4 Å². The Morgan fingerprint density at radius 1 is 0.857 bits per heavy atom. The minimum Gasteiger partial charge on any atom is -0.476 e. The van der Waals surface area contributed by atoms with Crippen LogP contribution in [-0.4, -0.2) is 81.5 Å².